The Hall–Kier alpha value is -2.78. The van der Waals surface area contributed by atoms with Crippen LogP contribution in [0, 0.1) is 0 Å². The maximum Gasteiger partial charge on any atom is 0.338 e. The van der Waals surface area contributed by atoms with Crippen LogP contribution >= 0.6 is 0 Å². The molecule has 28 heavy (non-hydrogen) atoms. The molecule has 2 aromatic rings. The number of carbonyl (C=O) groups is 2. The molecular formula is C20H20O8. The lowest BCUT2D eigenvalue weighted by Gasteiger charge is -2.39. The standard InChI is InChI=1S/C20H20O8/c21-15-16(22)20(25)27-14(11-26-18(23)12-7-3-1-4-8-12)17(15)28-19(24)13-9-5-2-6-10-13/h1-10,14-17,20-22,25H,11H2/t14-,15-,16-,17-,20+/m1/s1. The van der Waals surface area contributed by atoms with Crippen molar-refractivity contribution in [3.05, 3.63) is 71.8 Å². The van der Waals surface area contributed by atoms with Crippen LogP contribution in [0.15, 0.2) is 60.7 Å². The first-order valence-corrected chi connectivity index (χ1v) is 8.65. The summed E-state index contributed by atoms with van der Waals surface area (Å²) >= 11 is 0. The van der Waals surface area contributed by atoms with E-state index in [2.05, 4.69) is 0 Å². The van der Waals surface area contributed by atoms with E-state index in [-0.39, 0.29) is 5.56 Å². The highest BCUT2D eigenvalue weighted by molar-refractivity contribution is 5.90. The van der Waals surface area contributed by atoms with Crippen molar-refractivity contribution in [2.75, 3.05) is 6.61 Å². The summed E-state index contributed by atoms with van der Waals surface area (Å²) in [4.78, 5) is 24.4. The fraction of sp³-hybridized carbons (Fsp3) is 0.300. The number of aliphatic hydroxyl groups is 3. The molecule has 0 bridgehead atoms. The number of carbonyl (C=O) groups excluding carboxylic acids is 2. The average molecular weight is 388 g/mol. The van der Waals surface area contributed by atoms with Crippen molar-refractivity contribution < 1.29 is 39.1 Å². The summed E-state index contributed by atoms with van der Waals surface area (Å²) in [6.07, 6.45) is -7.56. The molecule has 2 aromatic carbocycles. The van der Waals surface area contributed by atoms with E-state index < -0.39 is 49.3 Å². The highest BCUT2D eigenvalue weighted by Crippen LogP contribution is 2.24. The highest BCUT2D eigenvalue weighted by atomic mass is 16.7. The molecule has 3 rings (SSSR count). The third kappa shape index (κ3) is 4.55. The predicted octanol–water partition coefficient (Wildman–Crippen LogP) is 0.508. The van der Waals surface area contributed by atoms with Gasteiger partial charge >= 0.3 is 11.9 Å². The molecule has 1 saturated heterocycles. The molecule has 0 aliphatic carbocycles. The summed E-state index contributed by atoms with van der Waals surface area (Å²) in [6.45, 7) is -0.401. The van der Waals surface area contributed by atoms with Crippen molar-refractivity contribution in [2.45, 2.75) is 30.7 Å². The second-order valence-corrected chi connectivity index (χ2v) is 6.25. The van der Waals surface area contributed by atoms with Gasteiger partial charge in [0.25, 0.3) is 0 Å². The van der Waals surface area contributed by atoms with Gasteiger partial charge in [-0.1, -0.05) is 36.4 Å². The van der Waals surface area contributed by atoms with Crippen LogP contribution in [0.2, 0.25) is 0 Å². The van der Waals surface area contributed by atoms with E-state index in [0.717, 1.165) is 0 Å². The van der Waals surface area contributed by atoms with Crippen LogP contribution in [0.25, 0.3) is 0 Å². The van der Waals surface area contributed by atoms with Crippen LogP contribution in [0.5, 0.6) is 0 Å². The fourth-order valence-corrected chi connectivity index (χ4v) is 2.78. The van der Waals surface area contributed by atoms with Crippen molar-refractivity contribution in [1.29, 1.82) is 0 Å². The van der Waals surface area contributed by atoms with Gasteiger partial charge in [0.15, 0.2) is 12.4 Å². The lowest BCUT2D eigenvalue weighted by atomic mass is 9.99. The topological polar surface area (TPSA) is 123 Å². The van der Waals surface area contributed by atoms with Gasteiger partial charge < -0.3 is 29.5 Å². The summed E-state index contributed by atoms with van der Waals surface area (Å²) in [7, 11) is 0. The molecular weight excluding hydrogens is 368 g/mol. The van der Waals surface area contributed by atoms with Gasteiger partial charge in [0.1, 0.15) is 24.9 Å². The molecule has 3 N–H and O–H groups in total. The largest absolute Gasteiger partial charge is 0.459 e. The lowest BCUT2D eigenvalue weighted by molar-refractivity contribution is -0.285. The molecule has 0 radical (unpaired) electrons. The smallest absolute Gasteiger partial charge is 0.338 e. The number of ether oxygens (including phenoxy) is 3. The number of hydrogen-bond acceptors (Lipinski definition) is 8. The number of aliphatic hydroxyl groups excluding tert-OH is 3. The Morgan fingerprint density at radius 3 is 1.93 bits per heavy atom. The summed E-state index contributed by atoms with van der Waals surface area (Å²) in [5.74, 6) is -1.40. The minimum atomic E-state index is -1.72. The zero-order valence-corrected chi connectivity index (χ0v) is 14.8. The van der Waals surface area contributed by atoms with Crippen molar-refractivity contribution in [3.63, 3.8) is 0 Å². The molecule has 1 fully saturated rings. The first-order valence-electron chi connectivity index (χ1n) is 8.65. The van der Waals surface area contributed by atoms with E-state index in [0.29, 0.717) is 5.56 Å². The summed E-state index contributed by atoms with van der Waals surface area (Å²) in [5.41, 5.74) is 0.535. The van der Waals surface area contributed by atoms with Crippen molar-refractivity contribution >= 4 is 11.9 Å². The maximum absolute atomic E-state index is 12.3. The Kier molecular flexibility index (Phi) is 6.37. The lowest BCUT2D eigenvalue weighted by Crippen LogP contribution is -2.60. The van der Waals surface area contributed by atoms with E-state index in [1.165, 1.54) is 12.1 Å². The predicted molar refractivity (Wildman–Crippen MR) is 95.3 cm³/mol. The van der Waals surface area contributed by atoms with Crippen molar-refractivity contribution in [3.8, 4) is 0 Å². The van der Waals surface area contributed by atoms with Crippen LogP contribution in [0.3, 0.4) is 0 Å². The zero-order chi connectivity index (χ0) is 20.1. The zero-order valence-electron chi connectivity index (χ0n) is 14.8. The Morgan fingerprint density at radius 2 is 1.36 bits per heavy atom. The Labute approximate surface area is 160 Å². The molecule has 5 atom stereocenters. The average Bonchev–Trinajstić information content (AvgIpc) is 2.73. The molecule has 1 aliphatic rings. The monoisotopic (exact) mass is 388 g/mol. The van der Waals surface area contributed by atoms with E-state index >= 15 is 0 Å². The highest BCUT2D eigenvalue weighted by Gasteiger charge is 2.46. The summed E-state index contributed by atoms with van der Waals surface area (Å²) in [5, 5.41) is 29.9. The van der Waals surface area contributed by atoms with Crippen LogP contribution in [0.4, 0.5) is 0 Å². The normalized spacial score (nSPS) is 27.0. The molecule has 1 aliphatic heterocycles. The first kappa shape index (κ1) is 20.0. The van der Waals surface area contributed by atoms with Crippen molar-refractivity contribution in [2.24, 2.45) is 0 Å². The maximum atomic E-state index is 12.3. The Bertz CT molecular complexity index is 794. The van der Waals surface area contributed by atoms with Crippen LogP contribution < -0.4 is 0 Å². The number of esters is 2. The molecule has 0 amide bonds. The molecule has 0 saturated carbocycles. The van der Waals surface area contributed by atoms with Crippen LogP contribution in [-0.2, 0) is 14.2 Å². The second kappa shape index (κ2) is 8.94. The number of benzene rings is 2. The fourth-order valence-electron chi connectivity index (χ4n) is 2.78. The molecule has 0 spiro atoms. The van der Waals surface area contributed by atoms with Crippen LogP contribution in [-0.4, -0.2) is 64.6 Å². The van der Waals surface area contributed by atoms with E-state index in [1.807, 2.05) is 0 Å². The van der Waals surface area contributed by atoms with Gasteiger partial charge in [-0.05, 0) is 24.3 Å². The molecule has 8 nitrogen and oxygen atoms in total. The van der Waals surface area contributed by atoms with Gasteiger partial charge in [0.2, 0.25) is 0 Å². The van der Waals surface area contributed by atoms with Gasteiger partial charge in [0.05, 0.1) is 11.1 Å². The van der Waals surface area contributed by atoms with E-state index in [9.17, 15) is 24.9 Å². The third-order valence-electron chi connectivity index (χ3n) is 4.30. The third-order valence-corrected chi connectivity index (χ3v) is 4.30. The second-order valence-electron chi connectivity index (χ2n) is 6.25. The summed E-state index contributed by atoms with van der Waals surface area (Å²) in [6, 6.07) is 16.3. The molecule has 1 heterocycles. The van der Waals surface area contributed by atoms with Gasteiger partial charge in [-0.15, -0.1) is 0 Å². The SMILES string of the molecule is O=C(OC[C@H]1O[C@H](O)[C@H](O)[C@@H](O)[C@@H]1OC(=O)c1ccccc1)c1ccccc1. The van der Waals surface area contributed by atoms with E-state index in [4.69, 9.17) is 14.2 Å². The van der Waals surface area contributed by atoms with Crippen molar-refractivity contribution in [1.82, 2.24) is 0 Å². The minimum absolute atomic E-state index is 0.232. The molecule has 0 aromatic heterocycles. The van der Waals surface area contributed by atoms with Gasteiger partial charge in [-0.2, -0.15) is 0 Å². The first-order chi connectivity index (χ1) is 13.5. The molecule has 0 unspecified atom stereocenters. The Balaban J connectivity index is 1.70. The minimum Gasteiger partial charge on any atom is -0.459 e. The van der Waals surface area contributed by atoms with Gasteiger partial charge in [-0.3, -0.25) is 0 Å². The Morgan fingerprint density at radius 1 is 0.821 bits per heavy atom. The summed E-state index contributed by atoms with van der Waals surface area (Å²) < 4.78 is 15.6. The van der Waals surface area contributed by atoms with Gasteiger partial charge in [0, 0.05) is 0 Å². The number of rotatable bonds is 5. The molecule has 148 valence electrons. The van der Waals surface area contributed by atoms with Crippen LogP contribution in [0.1, 0.15) is 20.7 Å². The van der Waals surface area contributed by atoms with E-state index in [1.54, 1.807) is 48.5 Å². The molecule has 8 heteroatoms. The quantitative estimate of drug-likeness (QED) is 0.633. The van der Waals surface area contributed by atoms with Gasteiger partial charge in [-0.25, -0.2) is 9.59 Å². The number of hydrogen-bond donors (Lipinski definition) is 3.